The molecule has 0 aliphatic heterocycles. The van der Waals surface area contributed by atoms with Crippen LogP contribution < -0.4 is 0 Å². The molecular formula is C19H22S2. The first-order valence-electron chi connectivity index (χ1n) is 7.89. The van der Waals surface area contributed by atoms with Crippen LogP contribution in [0.15, 0.2) is 30.3 Å². The fourth-order valence-electron chi connectivity index (χ4n) is 2.74. The third kappa shape index (κ3) is 3.38. The number of allylic oxidation sites excluding steroid dienone is 1. The first-order valence-corrected chi connectivity index (χ1v) is 9.52. The lowest BCUT2D eigenvalue weighted by Crippen LogP contribution is -1.80. The number of aryl methyl sites for hydroxylation is 1. The predicted molar refractivity (Wildman–Crippen MR) is 99.8 cm³/mol. The van der Waals surface area contributed by atoms with Crippen molar-refractivity contribution in [1.29, 1.82) is 0 Å². The van der Waals surface area contributed by atoms with Gasteiger partial charge in [0.15, 0.2) is 0 Å². The Labute approximate surface area is 135 Å². The van der Waals surface area contributed by atoms with Crippen LogP contribution in [0.3, 0.4) is 0 Å². The predicted octanol–water partition coefficient (Wildman–Crippen LogP) is 7.27. The van der Waals surface area contributed by atoms with Crippen molar-refractivity contribution in [2.45, 2.75) is 46.0 Å². The zero-order chi connectivity index (χ0) is 14.7. The molecule has 0 bridgehead atoms. The summed E-state index contributed by atoms with van der Waals surface area (Å²) in [6, 6.07) is 9.45. The van der Waals surface area contributed by atoms with Crippen molar-refractivity contribution in [2.24, 2.45) is 0 Å². The van der Waals surface area contributed by atoms with E-state index in [9.17, 15) is 0 Å². The molecule has 0 spiro atoms. The molecule has 1 aromatic carbocycles. The average Bonchev–Trinajstić information content (AvgIpc) is 3.03. The van der Waals surface area contributed by atoms with Crippen LogP contribution in [0, 0.1) is 0 Å². The second kappa shape index (κ2) is 6.76. The number of thiophene rings is 2. The summed E-state index contributed by atoms with van der Waals surface area (Å²) < 4.78 is 2.85. The molecule has 2 aromatic heterocycles. The Morgan fingerprint density at radius 1 is 0.905 bits per heavy atom. The summed E-state index contributed by atoms with van der Waals surface area (Å²) >= 11 is 3.87. The lowest BCUT2D eigenvalue weighted by Gasteiger charge is -1.96. The summed E-state index contributed by atoms with van der Waals surface area (Å²) in [5.41, 5.74) is 0. The number of hydrogen-bond donors (Lipinski definition) is 0. The van der Waals surface area contributed by atoms with Crippen molar-refractivity contribution in [3.63, 3.8) is 0 Å². The summed E-state index contributed by atoms with van der Waals surface area (Å²) in [5, 5.41) is 2.81. The van der Waals surface area contributed by atoms with Crippen molar-refractivity contribution in [3.8, 4) is 0 Å². The maximum Gasteiger partial charge on any atom is 0.0356 e. The van der Waals surface area contributed by atoms with E-state index in [1.165, 1.54) is 57.2 Å². The van der Waals surface area contributed by atoms with Crippen LogP contribution in [0.4, 0.5) is 0 Å². The fourth-order valence-corrected chi connectivity index (χ4v) is 4.95. The molecule has 3 aromatic rings. The maximum absolute atomic E-state index is 2.40. The molecule has 21 heavy (non-hydrogen) atoms. The molecule has 0 aliphatic rings. The molecule has 0 N–H and O–H groups in total. The molecular weight excluding hydrogens is 292 g/mol. The van der Waals surface area contributed by atoms with E-state index in [0.29, 0.717) is 0 Å². The van der Waals surface area contributed by atoms with E-state index in [1.54, 1.807) is 4.88 Å². The maximum atomic E-state index is 2.40. The van der Waals surface area contributed by atoms with Crippen molar-refractivity contribution < 1.29 is 0 Å². The van der Waals surface area contributed by atoms with Crippen LogP contribution in [0.5, 0.6) is 0 Å². The number of unbranched alkanes of at least 4 members (excludes halogenated alkanes) is 3. The highest BCUT2D eigenvalue weighted by Gasteiger charge is 2.06. The molecule has 0 unspecified atom stereocenters. The van der Waals surface area contributed by atoms with Gasteiger partial charge in [0.05, 0.1) is 0 Å². The highest BCUT2D eigenvalue weighted by atomic mass is 32.1. The van der Waals surface area contributed by atoms with Crippen LogP contribution in [-0.4, -0.2) is 0 Å². The molecule has 2 heterocycles. The Bertz CT molecular complexity index is 707. The smallest absolute Gasteiger partial charge is 0.0356 e. The molecule has 0 atom stereocenters. The zero-order valence-electron chi connectivity index (χ0n) is 12.8. The minimum Gasteiger partial charge on any atom is -0.140 e. The van der Waals surface area contributed by atoms with Crippen LogP contribution in [0.1, 0.15) is 49.3 Å². The van der Waals surface area contributed by atoms with Crippen LogP contribution in [0.2, 0.25) is 0 Å². The van der Waals surface area contributed by atoms with Gasteiger partial charge < -0.3 is 0 Å². The van der Waals surface area contributed by atoms with Crippen LogP contribution in [0.25, 0.3) is 26.2 Å². The van der Waals surface area contributed by atoms with Gasteiger partial charge in [-0.15, -0.1) is 22.7 Å². The number of rotatable bonds is 6. The van der Waals surface area contributed by atoms with Gasteiger partial charge in [-0.3, -0.25) is 0 Å². The van der Waals surface area contributed by atoms with Gasteiger partial charge in [0.25, 0.3) is 0 Å². The largest absolute Gasteiger partial charge is 0.140 e. The van der Waals surface area contributed by atoms with Gasteiger partial charge in [-0.25, -0.2) is 0 Å². The standard InChI is InChI=1S/C19H22S2/c1-3-5-6-7-9-17-11-15-13-18-14(12-19(15)21-17)10-16(20-18)8-4-2/h4,8,10-13H,3,5-7,9H2,1-2H3. The number of hydrogen-bond acceptors (Lipinski definition) is 2. The van der Waals surface area contributed by atoms with Gasteiger partial charge >= 0.3 is 0 Å². The van der Waals surface area contributed by atoms with E-state index in [0.717, 1.165) is 0 Å². The van der Waals surface area contributed by atoms with Gasteiger partial charge in [0, 0.05) is 19.2 Å². The second-order valence-corrected chi connectivity index (χ2v) is 7.88. The molecule has 0 nitrogen and oxygen atoms in total. The van der Waals surface area contributed by atoms with Crippen molar-refractivity contribution >= 4 is 48.9 Å². The second-order valence-electron chi connectivity index (χ2n) is 5.60. The van der Waals surface area contributed by atoms with Crippen molar-refractivity contribution in [1.82, 2.24) is 0 Å². The monoisotopic (exact) mass is 314 g/mol. The lowest BCUT2D eigenvalue weighted by molar-refractivity contribution is 0.670. The quantitative estimate of drug-likeness (QED) is 0.420. The molecule has 0 radical (unpaired) electrons. The Morgan fingerprint density at radius 3 is 2.43 bits per heavy atom. The van der Waals surface area contributed by atoms with Gasteiger partial charge in [-0.2, -0.15) is 0 Å². The first-order chi connectivity index (χ1) is 10.3. The minimum absolute atomic E-state index is 1.25. The molecule has 0 saturated carbocycles. The molecule has 3 rings (SSSR count). The molecule has 0 fully saturated rings. The van der Waals surface area contributed by atoms with Gasteiger partial charge in [0.2, 0.25) is 0 Å². The molecule has 110 valence electrons. The Balaban J connectivity index is 1.84. The normalized spacial score (nSPS) is 12.1. The van der Waals surface area contributed by atoms with Gasteiger partial charge in [0.1, 0.15) is 0 Å². The summed E-state index contributed by atoms with van der Waals surface area (Å²) in [6.45, 7) is 4.35. The van der Waals surface area contributed by atoms with Gasteiger partial charge in [-0.05, 0) is 60.9 Å². The van der Waals surface area contributed by atoms with E-state index in [4.69, 9.17) is 0 Å². The fraction of sp³-hybridized carbons (Fsp3) is 0.368. The number of fused-ring (bicyclic) bond motifs is 2. The SMILES string of the molecule is CC=Cc1cc2cc3sc(CCCCCC)cc3cc2s1. The zero-order valence-corrected chi connectivity index (χ0v) is 14.4. The van der Waals surface area contributed by atoms with Crippen molar-refractivity contribution in [2.75, 3.05) is 0 Å². The summed E-state index contributed by atoms with van der Waals surface area (Å²) in [4.78, 5) is 2.90. The average molecular weight is 315 g/mol. The van der Waals surface area contributed by atoms with E-state index in [1.807, 2.05) is 22.7 Å². The van der Waals surface area contributed by atoms with E-state index < -0.39 is 0 Å². The van der Waals surface area contributed by atoms with Crippen LogP contribution >= 0.6 is 22.7 Å². The van der Waals surface area contributed by atoms with E-state index in [2.05, 4.69) is 50.3 Å². The van der Waals surface area contributed by atoms with E-state index >= 15 is 0 Å². The summed E-state index contributed by atoms with van der Waals surface area (Å²) in [5.74, 6) is 0. The van der Waals surface area contributed by atoms with Crippen LogP contribution in [-0.2, 0) is 6.42 Å². The molecule has 0 amide bonds. The molecule has 0 saturated heterocycles. The van der Waals surface area contributed by atoms with Crippen molar-refractivity contribution in [3.05, 3.63) is 40.1 Å². The highest BCUT2D eigenvalue weighted by Crippen LogP contribution is 2.35. The first kappa shape index (κ1) is 14.8. The molecule has 0 aliphatic carbocycles. The lowest BCUT2D eigenvalue weighted by atomic mass is 10.1. The summed E-state index contributed by atoms with van der Waals surface area (Å²) in [7, 11) is 0. The van der Waals surface area contributed by atoms with Gasteiger partial charge in [-0.1, -0.05) is 32.3 Å². The third-order valence-corrected chi connectivity index (χ3v) is 6.05. The topological polar surface area (TPSA) is 0 Å². The third-order valence-electron chi connectivity index (χ3n) is 3.83. The number of benzene rings is 1. The minimum atomic E-state index is 1.25. The Kier molecular flexibility index (Phi) is 4.77. The Hall–Kier alpha value is -1.12. The molecule has 2 heteroatoms. The Morgan fingerprint density at radius 2 is 1.67 bits per heavy atom. The summed E-state index contributed by atoms with van der Waals surface area (Å²) in [6.07, 6.45) is 10.9. The van der Waals surface area contributed by atoms with E-state index in [-0.39, 0.29) is 0 Å². The highest BCUT2D eigenvalue weighted by molar-refractivity contribution is 7.21.